The Hall–Kier alpha value is -3.19. The highest BCUT2D eigenvalue weighted by atomic mass is 32.1. The fourth-order valence-corrected chi connectivity index (χ4v) is 4.02. The zero-order valence-electron chi connectivity index (χ0n) is 17.9. The third-order valence-corrected chi connectivity index (χ3v) is 5.79. The van der Waals surface area contributed by atoms with E-state index in [1.807, 2.05) is 68.7 Å². The fourth-order valence-electron chi connectivity index (χ4n) is 3.22. The van der Waals surface area contributed by atoms with E-state index in [2.05, 4.69) is 10.2 Å². The van der Waals surface area contributed by atoms with E-state index in [9.17, 15) is 14.7 Å². The molecule has 0 aliphatic heterocycles. The molecule has 0 aliphatic carbocycles. The Labute approximate surface area is 186 Å². The smallest absolute Gasteiger partial charge is 0.326 e. The number of anilines is 1. The Morgan fingerprint density at radius 2 is 1.77 bits per heavy atom. The average molecular weight is 438 g/mol. The minimum Gasteiger partial charge on any atom is -0.480 e. The Bertz CT molecular complexity index is 1020. The van der Waals surface area contributed by atoms with Gasteiger partial charge in [0.25, 0.3) is 5.91 Å². The molecule has 6 nitrogen and oxygen atoms in total. The lowest BCUT2D eigenvalue weighted by Crippen LogP contribution is -2.41. The first-order valence-electron chi connectivity index (χ1n) is 10.2. The van der Waals surface area contributed by atoms with Crippen molar-refractivity contribution < 1.29 is 14.7 Å². The average Bonchev–Trinajstić information content (AvgIpc) is 3.24. The molecule has 0 aliphatic rings. The molecular weight excluding hydrogens is 410 g/mol. The van der Waals surface area contributed by atoms with Crippen LogP contribution >= 0.6 is 11.3 Å². The predicted molar refractivity (Wildman–Crippen MR) is 124 cm³/mol. The summed E-state index contributed by atoms with van der Waals surface area (Å²) in [5, 5.41) is 14.9. The molecule has 3 rings (SSSR count). The van der Waals surface area contributed by atoms with Crippen LogP contribution in [0.4, 0.5) is 5.13 Å². The molecule has 1 aromatic heterocycles. The van der Waals surface area contributed by atoms with Gasteiger partial charge in [-0.15, -0.1) is 11.3 Å². The number of thiazole rings is 1. The number of hydrogen-bond acceptors (Lipinski definition) is 5. The van der Waals surface area contributed by atoms with Gasteiger partial charge in [-0.25, -0.2) is 9.78 Å². The molecule has 162 valence electrons. The summed E-state index contributed by atoms with van der Waals surface area (Å²) in [4.78, 5) is 30.6. The van der Waals surface area contributed by atoms with E-state index >= 15 is 0 Å². The molecule has 0 spiro atoms. The first-order valence-corrected chi connectivity index (χ1v) is 11.1. The number of aliphatic carboxylic acids is 1. The van der Waals surface area contributed by atoms with Crippen LogP contribution in [0.5, 0.6) is 0 Å². The van der Waals surface area contributed by atoms with Crippen molar-refractivity contribution in [1.82, 2.24) is 10.3 Å². The van der Waals surface area contributed by atoms with Crippen LogP contribution < -0.4 is 10.2 Å². The van der Waals surface area contributed by atoms with Gasteiger partial charge in [-0.1, -0.05) is 56.3 Å². The number of carboxylic acids is 1. The van der Waals surface area contributed by atoms with Crippen LogP contribution in [0.1, 0.15) is 36.2 Å². The summed E-state index contributed by atoms with van der Waals surface area (Å²) in [6.45, 7) is 4.51. The van der Waals surface area contributed by atoms with Crippen molar-refractivity contribution in [2.45, 2.75) is 32.9 Å². The van der Waals surface area contributed by atoms with E-state index in [1.165, 1.54) is 0 Å². The predicted octanol–water partition coefficient (Wildman–Crippen LogP) is 4.68. The molecule has 0 bridgehead atoms. The summed E-state index contributed by atoms with van der Waals surface area (Å²) < 4.78 is 0. The minimum atomic E-state index is -1.02. The Morgan fingerprint density at radius 3 is 2.39 bits per heavy atom. The van der Waals surface area contributed by atoms with Crippen molar-refractivity contribution in [1.29, 1.82) is 0 Å². The molecule has 2 N–H and O–H groups in total. The number of benzene rings is 2. The van der Waals surface area contributed by atoms with Crippen LogP contribution in [-0.2, 0) is 11.3 Å². The Balaban J connectivity index is 1.62. The zero-order chi connectivity index (χ0) is 22.4. The van der Waals surface area contributed by atoms with Crippen LogP contribution in [0.15, 0.2) is 60.0 Å². The van der Waals surface area contributed by atoms with Gasteiger partial charge in [-0.2, -0.15) is 0 Å². The van der Waals surface area contributed by atoms with Crippen molar-refractivity contribution >= 4 is 28.3 Å². The van der Waals surface area contributed by atoms with E-state index in [4.69, 9.17) is 4.98 Å². The van der Waals surface area contributed by atoms with Crippen molar-refractivity contribution in [2.24, 2.45) is 5.92 Å². The van der Waals surface area contributed by atoms with Crippen molar-refractivity contribution in [2.75, 3.05) is 11.9 Å². The van der Waals surface area contributed by atoms with E-state index in [1.54, 1.807) is 23.5 Å². The van der Waals surface area contributed by atoms with Crippen LogP contribution in [0, 0.1) is 5.92 Å². The van der Waals surface area contributed by atoms with Gasteiger partial charge < -0.3 is 15.3 Å². The van der Waals surface area contributed by atoms with E-state index in [-0.39, 0.29) is 11.8 Å². The third-order valence-electron chi connectivity index (χ3n) is 4.83. The topological polar surface area (TPSA) is 82.5 Å². The Morgan fingerprint density at radius 1 is 1.10 bits per heavy atom. The van der Waals surface area contributed by atoms with Gasteiger partial charge in [0.05, 0.1) is 5.69 Å². The number of amides is 1. The van der Waals surface area contributed by atoms with Crippen molar-refractivity contribution in [3.8, 4) is 11.3 Å². The van der Waals surface area contributed by atoms with Gasteiger partial charge in [0, 0.05) is 30.1 Å². The number of carbonyl (C=O) groups is 2. The number of carbonyl (C=O) groups excluding carboxylic acids is 1. The number of nitrogens with zero attached hydrogens (tertiary/aromatic N) is 2. The second-order valence-electron chi connectivity index (χ2n) is 7.93. The van der Waals surface area contributed by atoms with Gasteiger partial charge in [0.15, 0.2) is 5.13 Å². The molecule has 7 heteroatoms. The summed E-state index contributed by atoms with van der Waals surface area (Å²) in [5.74, 6) is -1.22. The number of carboxylic acid groups (broad SMARTS) is 1. The third kappa shape index (κ3) is 6.15. The SMILES string of the molecule is CC(C)CC(NC(=O)c1ccc(CN(C)c2nc(-c3ccccc3)cs2)cc1)C(=O)O. The summed E-state index contributed by atoms with van der Waals surface area (Å²) in [6.07, 6.45) is 0.392. The van der Waals surface area contributed by atoms with Crippen LogP contribution in [-0.4, -0.2) is 35.1 Å². The monoisotopic (exact) mass is 437 g/mol. The second kappa shape index (κ2) is 10.2. The quantitative estimate of drug-likeness (QED) is 0.508. The van der Waals surface area contributed by atoms with Gasteiger partial charge in [0.1, 0.15) is 6.04 Å². The molecule has 3 aromatic rings. The molecule has 0 saturated heterocycles. The lowest BCUT2D eigenvalue weighted by molar-refractivity contribution is -0.139. The minimum absolute atomic E-state index is 0.174. The van der Waals surface area contributed by atoms with Crippen LogP contribution in [0.3, 0.4) is 0 Å². The van der Waals surface area contributed by atoms with Gasteiger partial charge in [-0.3, -0.25) is 4.79 Å². The lowest BCUT2D eigenvalue weighted by Gasteiger charge is -2.17. The van der Waals surface area contributed by atoms with Crippen molar-refractivity contribution in [3.63, 3.8) is 0 Å². The maximum Gasteiger partial charge on any atom is 0.326 e. The number of rotatable bonds is 9. The second-order valence-corrected chi connectivity index (χ2v) is 8.76. The maximum absolute atomic E-state index is 12.4. The van der Waals surface area contributed by atoms with Crippen molar-refractivity contribution in [3.05, 3.63) is 71.1 Å². The highest BCUT2D eigenvalue weighted by Gasteiger charge is 2.21. The fraction of sp³-hybridized carbons (Fsp3) is 0.292. The molecule has 0 radical (unpaired) electrons. The molecule has 31 heavy (non-hydrogen) atoms. The van der Waals surface area contributed by atoms with Gasteiger partial charge >= 0.3 is 5.97 Å². The van der Waals surface area contributed by atoms with Gasteiger partial charge in [0.2, 0.25) is 0 Å². The van der Waals surface area contributed by atoms with Crippen LogP contribution in [0.2, 0.25) is 0 Å². The normalized spacial score (nSPS) is 11.9. The first kappa shape index (κ1) is 22.5. The van der Waals surface area contributed by atoms with E-state index in [0.29, 0.717) is 18.5 Å². The summed E-state index contributed by atoms with van der Waals surface area (Å²) in [7, 11) is 1.98. The Kier molecular flexibility index (Phi) is 7.41. The standard InChI is InChI=1S/C24H27N3O3S/c1-16(2)13-20(23(29)30)25-22(28)19-11-9-17(10-12-19)14-27(3)24-26-21(15-31-24)18-7-5-4-6-8-18/h4-12,15-16,20H,13-14H2,1-3H3,(H,25,28)(H,29,30). The molecule has 1 atom stereocenters. The summed E-state index contributed by atoms with van der Waals surface area (Å²) >= 11 is 1.59. The summed E-state index contributed by atoms with van der Waals surface area (Å²) in [6, 6.07) is 16.4. The molecule has 2 aromatic carbocycles. The van der Waals surface area contributed by atoms with E-state index in [0.717, 1.165) is 22.0 Å². The number of hydrogen-bond donors (Lipinski definition) is 2. The number of nitrogens with one attached hydrogen (secondary N) is 1. The highest BCUT2D eigenvalue weighted by molar-refractivity contribution is 7.14. The van der Waals surface area contributed by atoms with Crippen LogP contribution in [0.25, 0.3) is 11.3 Å². The maximum atomic E-state index is 12.4. The molecule has 1 unspecified atom stereocenters. The molecule has 1 amide bonds. The molecule has 0 fully saturated rings. The largest absolute Gasteiger partial charge is 0.480 e. The zero-order valence-corrected chi connectivity index (χ0v) is 18.7. The number of aromatic nitrogens is 1. The highest BCUT2D eigenvalue weighted by Crippen LogP contribution is 2.27. The van der Waals surface area contributed by atoms with Gasteiger partial charge in [-0.05, 0) is 30.0 Å². The first-order chi connectivity index (χ1) is 14.8. The van der Waals surface area contributed by atoms with E-state index < -0.39 is 12.0 Å². The lowest BCUT2D eigenvalue weighted by atomic mass is 10.0. The molecular formula is C24H27N3O3S. The summed E-state index contributed by atoms with van der Waals surface area (Å²) in [5.41, 5.74) is 3.52. The molecule has 1 heterocycles. The molecule has 0 saturated carbocycles.